The van der Waals surface area contributed by atoms with Crippen LogP contribution in [-0.2, 0) is 4.79 Å². The molecular weight excluding hydrogens is 384 g/mol. The van der Waals surface area contributed by atoms with Crippen molar-refractivity contribution in [2.24, 2.45) is 0 Å². The first-order valence-electron chi connectivity index (χ1n) is 9.31. The van der Waals surface area contributed by atoms with Crippen LogP contribution >= 0.6 is 24.2 Å². The van der Waals surface area contributed by atoms with Crippen LogP contribution in [0.25, 0.3) is 11.4 Å². The van der Waals surface area contributed by atoms with Crippen LogP contribution in [-0.4, -0.2) is 51.6 Å². The number of nitrogens with one attached hydrogen (secondary N) is 1. The molecule has 1 amide bonds. The monoisotopic (exact) mass is 408 g/mol. The lowest BCUT2D eigenvalue weighted by atomic mass is 10.0. The molecule has 2 aromatic rings. The Labute approximate surface area is 169 Å². The van der Waals surface area contributed by atoms with Crippen molar-refractivity contribution in [2.45, 2.75) is 37.8 Å². The van der Waals surface area contributed by atoms with E-state index in [2.05, 4.69) is 15.5 Å². The predicted molar refractivity (Wildman–Crippen MR) is 109 cm³/mol. The van der Waals surface area contributed by atoms with Crippen LogP contribution in [0.1, 0.15) is 37.6 Å². The first kappa shape index (κ1) is 20.2. The topological polar surface area (TPSA) is 71.3 Å². The van der Waals surface area contributed by atoms with Crippen molar-refractivity contribution in [2.75, 3.05) is 24.6 Å². The fraction of sp³-hybridized carbons (Fsp3) is 0.526. The number of aromatic nitrogens is 2. The minimum absolute atomic E-state index is 0. The largest absolute Gasteiger partial charge is 0.337 e. The average Bonchev–Trinajstić information content (AvgIpc) is 3.19. The number of rotatable bonds is 4. The highest BCUT2D eigenvalue weighted by molar-refractivity contribution is 7.99. The molecule has 0 spiro atoms. The van der Waals surface area contributed by atoms with Gasteiger partial charge in [-0.3, -0.25) is 4.79 Å². The summed E-state index contributed by atoms with van der Waals surface area (Å²) in [6.45, 7) is 1.75. The van der Waals surface area contributed by atoms with Crippen molar-refractivity contribution in [3.63, 3.8) is 0 Å². The summed E-state index contributed by atoms with van der Waals surface area (Å²) in [5.74, 6) is 3.46. The van der Waals surface area contributed by atoms with Gasteiger partial charge in [-0.2, -0.15) is 16.7 Å². The second-order valence-corrected chi connectivity index (χ2v) is 8.00. The van der Waals surface area contributed by atoms with Gasteiger partial charge in [-0.1, -0.05) is 35.5 Å². The fourth-order valence-electron chi connectivity index (χ4n) is 3.64. The Morgan fingerprint density at radius 1 is 1.30 bits per heavy atom. The number of carbonyl (C=O) groups excluding carboxylic acids is 1. The number of piperidine rings is 1. The molecule has 1 N–H and O–H groups in total. The molecule has 2 unspecified atom stereocenters. The maximum absolute atomic E-state index is 12.9. The van der Waals surface area contributed by atoms with Gasteiger partial charge in [0.15, 0.2) is 0 Å². The van der Waals surface area contributed by atoms with E-state index in [0.29, 0.717) is 18.1 Å². The lowest BCUT2D eigenvalue weighted by Crippen LogP contribution is -2.45. The molecule has 4 rings (SSSR count). The quantitative estimate of drug-likeness (QED) is 0.836. The maximum Gasteiger partial charge on any atom is 0.249 e. The summed E-state index contributed by atoms with van der Waals surface area (Å²) in [5, 5.41) is 7.58. The first-order chi connectivity index (χ1) is 12.8. The van der Waals surface area contributed by atoms with Gasteiger partial charge in [0.1, 0.15) is 6.04 Å². The summed E-state index contributed by atoms with van der Waals surface area (Å²) in [6.07, 6.45) is 3.54. The van der Waals surface area contributed by atoms with E-state index in [0.717, 1.165) is 49.4 Å². The van der Waals surface area contributed by atoms with E-state index in [4.69, 9.17) is 4.52 Å². The van der Waals surface area contributed by atoms with Crippen LogP contribution in [0, 0.1) is 0 Å². The summed E-state index contributed by atoms with van der Waals surface area (Å²) >= 11 is 1.92. The molecule has 27 heavy (non-hydrogen) atoms. The van der Waals surface area contributed by atoms with Gasteiger partial charge in [0.05, 0.1) is 0 Å². The number of hydrogen-bond donors (Lipinski definition) is 1. The Balaban J connectivity index is 0.00000210. The van der Waals surface area contributed by atoms with Crippen molar-refractivity contribution < 1.29 is 9.32 Å². The molecule has 2 aliphatic rings. The molecule has 2 atom stereocenters. The van der Waals surface area contributed by atoms with Crippen LogP contribution in [0.2, 0.25) is 0 Å². The van der Waals surface area contributed by atoms with Crippen molar-refractivity contribution in [3.8, 4) is 11.4 Å². The van der Waals surface area contributed by atoms with Crippen molar-refractivity contribution in [1.82, 2.24) is 20.4 Å². The molecule has 3 heterocycles. The predicted octanol–water partition coefficient (Wildman–Crippen LogP) is 3.31. The van der Waals surface area contributed by atoms with Gasteiger partial charge < -0.3 is 14.7 Å². The Morgan fingerprint density at radius 2 is 2.15 bits per heavy atom. The third kappa shape index (κ3) is 4.83. The minimum Gasteiger partial charge on any atom is -0.337 e. The maximum atomic E-state index is 12.9. The molecule has 8 heteroatoms. The second-order valence-electron chi connectivity index (χ2n) is 6.85. The number of halogens is 1. The zero-order valence-electron chi connectivity index (χ0n) is 15.2. The molecule has 0 saturated carbocycles. The number of benzene rings is 1. The second kappa shape index (κ2) is 9.57. The molecular formula is C19H25ClN4O2S. The van der Waals surface area contributed by atoms with Crippen molar-refractivity contribution in [3.05, 3.63) is 36.2 Å². The third-order valence-corrected chi connectivity index (χ3v) is 6.13. The molecule has 1 aromatic heterocycles. The van der Waals surface area contributed by atoms with Crippen LogP contribution in [0.4, 0.5) is 0 Å². The summed E-state index contributed by atoms with van der Waals surface area (Å²) in [7, 11) is 0. The molecule has 2 aliphatic heterocycles. The summed E-state index contributed by atoms with van der Waals surface area (Å²) in [5.41, 5.74) is 0.930. The molecule has 6 nitrogen and oxygen atoms in total. The van der Waals surface area contributed by atoms with E-state index < -0.39 is 0 Å². The number of carbonyl (C=O) groups is 1. The van der Waals surface area contributed by atoms with Gasteiger partial charge in [-0.25, -0.2) is 0 Å². The van der Waals surface area contributed by atoms with E-state index in [1.807, 2.05) is 47.0 Å². The van der Waals surface area contributed by atoms with E-state index in [-0.39, 0.29) is 30.4 Å². The fourth-order valence-corrected chi connectivity index (χ4v) is 4.59. The third-order valence-electron chi connectivity index (χ3n) is 5.00. The molecule has 0 radical (unpaired) electrons. The summed E-state index contributed by atoms with van der Waals surface area (Å²) in [4.78, 5) is 19.5. The Bertz CT molecular complexity index is 736. The summed E-state index contributed by atoms with van der Waals surface area (Å²) in [6, 6.07) is 9.97. The zero-order valence-corrected chi connectivity index (χ0v) is 16.8. The Hall–Kier alpha value is -1.57. The zero-order chi connectivity index (χ0) is 17.8. The Morgan fingerprint density at radius 3 is 2.93 bits per heavy atom. The SMILES string of the molecule is Cl.O=C(CC1CSCCN1)N1CCCCC1c1nc(-c2ccccc2)no1. The number of amides is 1. The van der Waals surface area contributed by atoms with Gasteiger partial charge in [0.2, 0.25) is 17.6 Å². The molecule has 2 fully saturated rings. The minimum atomic E-state index is -0.0996. The van der Waals surface area contributed by atoms with Gasteiger partial charge in [0, 0.05) is 42.6 Å². The number of hydrogen-bond acceptors (Lipinski definition) is 6. The van der Waals surface area contributed by atoms with Crippen LogP contribution in [0.15, 0.2) is 34.9 Å². The van der Waals surface area contributed by atoms with E-state index in [1.54, 1.807) is 0 Å². The molecule has 2 saturated heterocycles. The van der Waals surface area contributed by atoms with Crippen LogP contribution in [0.5, 0.6) is 0 Å². The highest BCUT2D eigenvalue weighted by Gasteiger charge is 2.33. The van der Waals surface area contributed by atoms with Gasteiger partial charge in [0.25, 0.3) is 0 Å². The molecule has 1 aromatic carbocycles. The highest BCUT2D eigenvalue weighted by Crippen LogP contribution is 2.32. The lowest BCUT2D eigenvalue weighted by molar-refractivity contribution is -0.136. The molecule has 0 bridgehead atoms. The molecule has 0 aliphatic carbocycles. The van der Waals surface area contributed by atoms with E-state index in [1.165, 1.54) is 0 Å². The lowest BCUT2D eigenvalue weighted by Gasteiger charge is -2.35. The number of nitrogens with zero attached hydrogens (tertiary/aromatic N) is 3. The van der Waals surface area contributed by atoms with E-state index in [9.17, 15) is 4.79 Å². The first-order valence-corrected chi connectivity index (χ1v) is 10.5. The van der Waals surface area contributed by atoms with Crippen molar-refractivity contribution >= 4 is 30.1 Å². The normalized spacial score (nSPS) is 22.9. The summed E-state index contributed by atoms with van der Waals surface area (Å²) < 4.78 is 5.55. The van der Waals surface area contributed by atoms with Crippen LogP contribution < -0.4 is 5.32 Å². The Kier molecular flexibility index (Phi) is 7.15. The standard InChI is InChI=1S/C19H24N4O2S.ClH/c24-17(12-15-13-26-11-9-20-15)23-10-5-4-8-16(23)19-21-18(22-25-19)14-6-2-1-3-7-14;/h1-3,6-7,15-16,20H,4-5,8-13H2;1H. The van der Waals surface area contributed by atoms with Gasteiger partial charge in [-0.15, -0.1) is 12.4 Å². The molecule has 146 valence electrons. The number of thioether (sulfide) groups is 1. The smallest absolute Gasteiger partial charge is 0.249 e. The van der Waals surface area contributed by atoms with Gasteiger partial charge >= 0.3 is 0 Å². The van der Waals surface area contributed by atoms with Crippen molar-refractivity contribution in [1.29, 1.82) is 0 Å². The highest BCUT2D eigenvalue weighted by atomic mass is 35.5. The van der Waals surface area contributed by atoms with Crippen LogP contribution in [0.3, 0.4) is 0 Å². The van der Waals surface area contributed by atoms with E-state index >= 15 is 0 Å². The van der Waals surface area contributed by atoms with Gasteiger partial charge in [-0.05, 0) is 19.3 Å². The average molecular weight is 409 g/mol. The number of likely N-dealkylation sites (tertiary alicyclic amines) is 1.